The molecule has 3 heteroatoms. The smallest absolute Gasteiger partial charge is 0.0896 e. The first-order valence-electron chi connectivity index (χ1n) is 5.82. The summed E-state index contributed by atoms with van der Waals surface area (Å²) in [6.45, 7) is 2.69. The van der Waals surface area contributed by atoms with Gasteiger partial charge in [-0.3, -0.25) is 0 Å². The lowest BCUT2D eigenvalue weighted by atomic mass is 10.00. The fourth-order valence-electron chi connectivity index (χ4n) is 2.16. The SMILES string of the molecule is CN(C)C[C@@H]1OCCN[C@H]1c1ccccc1. The van der Waals surface area contributed by atoms with E-state index in [-0.39, 0.29) is 6.10 Å². The predicted molar refractivity (Wildman–Crippen MR) is 65.5 cm³/mol. The Balaban J connectivity index is 2.10. The van der Waals surface area contributed by atoms with Crippen molar-refractivity contribution in [2.75, 3.05) is 33.8 Å². The zero-order valence-corrected chi connectivity index (χ0v) is 10.0. The largest absolute Gasteiger partial charge is 0.374 e. The van der Waals surface area contributed by atoms with E-state index in [0.717, 1.165) is 19.7 Å². The molecule has 16 heavy (non-hydrogen) atoms. The number of benzene rings is 1. The molecular formula is C13H20N2O. The maximum Gasteiger partial charge on any atom is 0.0896 e. The van der Waals surface area contributed by atoms with E-state index in [2.05, 4.69) is 48.6 Å². The maximum absolute atomic E-state index is 5.85. The van der Waals surface area contributed by atoms with Crippen LogP contribution >= 0.6 is 0 Å². The third kappa shape index (κ3) is 2.82. The summed E-state index contributed by atoms with van der Waals surface area (Å²) in [7, 11) is 4.17. The highest BCUT2D eigenvalue weighted by molar-refractivity contribution is 5.20. The number of hydrogen-bond donors (Lipinski definition) is 1. The molecule has 1 saturated heterocycles. The second kappa shape index (κ2) is 5.43. The van der Waals surface area contributed by atoms with E-state index in [1.54, 1.807) is 0 Å². The molecule has 0 saturated carbocycles. The first-order valence-corrected chi connectivity index (χ1v) is 5.82. The molecule has 88 valence electrons. The zero-order chi connectivity index (χ0) is 11.4. The van der Waals surface area contributed by atoms with Crippen LogP contribution in [0.1, 0.15) is 11.6 Å². The number of hydrogen-bond acceptors (Lipinski definition) is 3. The van der Waals surface area contributed by atoms with E-state index in [4.69, 9.17) is 4.74 Å². The Hall–Kier alpha value is -0.900. The van der Waals surface area contributed by atoms with Gasteiger partial charge in [-0.15, -0.1) is 0 Å². The van der Waals surface area contributed by atoms with Crippen molar-refractivity contribution >= 4 is 0 Å². The van der Waals surface area contributed by atoms with E-state index in [9.17, 15) is 0 Å². The monoisotopic (exact) mass is 220 g/mol. The van der Waals surface area contributed by atoms with Gasteiger partial charge in [0.25, 0.3) is 0 Å². The summed E-state index contributed by atoms with van der Waals surface area (Å²) in [5, 5.41) is 3.54. The van der Waals surface area contributed by atoms with Crippen LogP contribution in [0.15, 0.2) is 30.3 Å². The highest BCUT2D eigenvalue weighted by atomic mass is 16.5. The Bertz CT molecular complexity index is 313. The second-order valence-corrected chi connectivity index (χ2v) is 4.51. The van der Waals surface area contributed by atoms with Crippen LogP contribution in [0, 0.1) is 0 Å². The van der Waals surface area contributed by atoms with Gasteiger partial charge in [-0.25, -0.2) is 0 Å². The molecule has 0 aromatic heterocycles. The summed E-state index contributed by atoms with van der Waals surface area (Å²) >= 11 is 0. The van der Waals surface area contributed by atoms with Crippen molar-refractivity contribution in [2.24, 2.45) is 0 Å². The minimum Gasteiger partial charge on any atom is -0.374 e. The average Bonchev–Trinajstić information content (AvgIpc) is 2.30. The molecule has 3 nitrogen and oxygen atoms in total. The van der Waals surface area contributed by atoms with Gasteiger partial charge in [0.15, 0.2) is 0 Å². The molecule has 0 amide bonds. The van der Waals surface area contributed by atoms with Gasteiger partial charge in [0, 0.05) is 13.1 Å². The Kier molecular flexibility index (Phi) is 3.93. The van der Waals surface area contributed by atoms with Gasteiger partial charge in [-0.1, -0.05) is 30.3 Å². The maximum atomic E-state index is 5.85. The first kappa shape index (κ1) is 11.6. The number of rotatable bonds is 3. The topological polar surface area (TPSA) is 24.5 Å². The van der Waals surface area contributed by atoms with Crippen molar-refractivity contribution < 1.29 is 4.74 Å². The van der Waals surface area contributed by atoms with Crippen LogP contribution in [0.3, 0.4) is 0 Å². The molecule has 0 unspecified atom stereocenters. The van der Waals surface area contributed by atoms with Crippen LogP contribution in [0.4, 0.5) is 0 Å². The van der Waals surface area contributed by atoms with Crippen LogP contribution in [0.25, 0.3) is 0 Å². The van der Waals surface area contributed by atoms with E-state index in [0.29, 0.717) is 6.04 Å². The summed E-state index contributed by atoms with van der Waals surface area (Å²) < 4.78 is 5.85. The number of nitrogens with zero attached hydrogens (tertiary/aromatic N) is 1. The van der Waals surface area contributed by atoms with Gasteiger partial charge in [0.05, 0.1) is 18.8 Å². The van der Waals surface area contributed by atoms with E-state index >= 15 is 0 Å². The first-order chi connectivity index (χ1) is 7.77. The average molecular weight is 220 g/mol. The molecule has 2 atom stereocenters. The minimum absolute atomic E-state index is 0.242. The molecule has 0 spiro atoms. The van der Waals surface area contributed by atoms with Crippen LogP contribution < -0.4 is 5.32 Å². The lowest BCUT2D eigenvalue weighted by Gasteiger charge is -2.34. The fourth-order valence-corrected chi connectivity index (χ4v) is 2.16. The molecule has 0 bridgehead atoms. The van der Waals surface area contributed by atoms with Crippen LogP contribution in [-0.2, 0) is 4.74 Å². The summed E-state index contributed by atoms with van der Waals surface area (Å²) in [6, 6.07) is 10.9. The van der Waals surface area contributed by atoms with Crippen LogP contribution in [0.5, 0.6) is 0 Å². The number of likely N-dealkylation sites (N-methyl/N-ethyl adjacent to an activating group) is 1. The fraction of sp³-hybridized carbons (Fsp3) is 0.538. The highest BCUT2D eigenvalue weighted by Crippen LogP contribution is 2.22. The van der Waals surface area contributed by atoms with E-state index in [1.165, 1.54) is 5.56 Å². The Labute approximate surface area is 97.4 Å². The molecule has 1 aromatic carbocycles. The van der Waals surface area contributed by atoms with Gasteiger partial charge in [-0.2, -0.15) is 0 Å². The van der Waals surface area contributed by atoms with Crippen LogP contribution in [-0.4, -0.2) is 44.8 Å². The molecular weight excluding hydrogens is 200 g/mol. The molecule has 1 aromatic rings. The minimum atomic E-state index is 0.242. The van der Waals surface area contributed by atoms with Gasteiger partial charge in [0.2, 0.25) is 0 Å². The predicted octanol–water partition coefficient (Wildman–Crippen LogP) is 1.28. The zero-order valence-electron chi connectivity index (χ0n) is 10.0. The lowest BCUT2D eigenvalue weighted by molar-refractivity contribution is -0.0175. The van der Waals surface area contributed by atoms with Gasteiger partial charge < -0.3 is 15.0 Å². The summed E-state index contributed by atoms with van der Waals surface area (Å²) in [5.74, 6) is 0. The van der Waals surface area contributed by atoms with Crippen molar-refractivity contribution in [1.82, 2.24) is 10.2 Å². The quantitative estimate of drug-likeness (QED) is 0.830. The molecule has 1 aliphatic rings. The van der Waals surface area contributed by atoms with Gasteiger partial charge in [-0.05, 0) is 19.7 Å². The van der Waals surface area contributed by atoms with Crippen molar-refractivity contribution in [2.45, 2.75) is 12.1 Å². The van der Waals surface area contributed by atoms with E-state index in [1.807, 2.05) is 6.07 Å². The summed E-state index contributed by atoms with van der Waals surface area (Å²) in [6.07, 6.45) is 0.242. The van der Waals surface area contributed by atoms with Gasteiger partial charge >= 0.3 is 0 Å². The van der Waals surface area contributed by atoms with E-state index < -0.39 is 0 Å². The van der Waals surface area contributed by atoms with Crippen LogP contribution in [0.2, 0.25) is 0 Å². The standard InChI is InChI=1S/C13H20N2O/c1-15(2)10-12-13(14-8-9-16-12)11-6-4-3-5-7-11/h3-7,12-14H,8-10H2,1-2H3/t12-,13-/m0/s1. The second-order valence-electron chi connectivity index (χ2n) is 4.51. The third-order valence-corrected chi connectivity index (χ3v) is 2.87. The molecule has 1 fully saturated rings. The van der Waals surface area contributed by atoms with Crippen molar-refractivity contribution in [3.8, 4) is 0 Å². The Morgan fingerprint density at radius 3 is 2.75 bits per heavy atom. The molecule has 1 N–H and O–H groups in total. The number of ether oxygens (including phenoxy) is 1. The Morgan fingerprint density at radius 2 is 2.06 bits per heavy atom. The molecule has 0 aliphatic carbocycles. The molecule has 2 rings (SSSR count). The normalized spacial score (nSPS) is 25.9. The van der Waals surface area contributed by atoms with Crippen molar-refractivity contribution in [3.63, 3.8) is 0 Å². The third-order valence-electron chi connectivity index (χ3n) is 2.87. The highest BCUT2D eigenvalue weighted by Gasteiger charge is 2.26. The van der Waals surface area contributed by atoms with Crippen molar-refractivity contribution in [3.05, 3.63) is 35.9 Å². The van der Waals surface area contributed by atoms with Gasteiger partial charge in [0.1, 0.15) is 0 Å². The molecule has 1 aliphatic heterocycles. The summed E-state index contributed by atoms with van der Waals surface area (Å²) in [4.78, 5) is 2.17. The number of nitrogens with one attached hydrogen (secondary N) is 1. The van der Waals surface area contributed by atoms with Crippen molar-refractivity contribution in [1.29, 1.82) is 0 Å². The molecule has 1 heterocycles. The number of morpholine rings is 1. The summed E-state index contributed by atoms with van der Waals surface area (Å²) in [5.41, 5.74) is 1.31. The Morgan fingerprint density at radius 1 is 1.31 bits per heavy atom. The molecule has 0 radical (unpaired) electrons. The lowest BCUT2D eigenvalue weighted by Crippen LogP contribution is -2.46.